The molecule has 0 aliphatic heterocycles. The fourth-order valence-corrected chi connectivity index (χ4v) is 2.76. The van der Waals surface area contributed by atoms with E-state index in [0.29, 0.717) is 11.6 Å². The number of carbonyl (C=O) groups excluding carboxylic acids is 1. The largest absolute Gasteiger partial charge is 0.417 e. The zero-order valence-corrected chi connectivity index (χ0v) is 16.2. The number of aromatic nitrogens is 3. The normalized spacial score (nSPS) is 13.3. The van der Waals surface area contributed by atoms with Gasteiger partial charge in [-0.25, -0.2) is 0 Å². The van der Waals surface area contributed by atoms with Crippen molar-refractivity contribution in [3.05, 3.63) is 72.4 Å². The lowest BCUT2D eigenvalue weighted by Crippen LogP contribution is -2.31. The van der Waals surface area contributed by atoms with E-state index in [0.717, 1.165) is 0 Å². The highest BCUT2D eigenvalue weighted by Gasteiger charge is 2.35. The first kappa shape index (κ1) is 21.2. The average Bonchev–Trinajstić information content (AvgIpc) is 3.20. The molecule has 0 fully saturated rings. The van der Waals surface area contributed by atoms with Gasteiger partial charge in [-0.15, -0.1) is 0 Å². The van der Waals surface area contributed by atoms with Gasteiger partial charge in [0.15, 0.2) is 0 Å². The van der Waals surface area contributed by atoms with Gasteiger partial charge in [-0.05, 0) is 23.6 Å². The number of nitrogens with zero attached hydrogens (tertiary/aromatic N) is 3. The Labute approximate surface area is 170 Å². The van der Waals surface area contributed by atoms with Crippen molar-refractivity contribution in [1.29, 1.82) is 0 Å². The molecule has 9 heteroatoms. The molecule has 0 saturated heterocycles. The van der Waals surface area contributed by atoms with Gasteiger partial charge in [-0.2, -0.15) is 18.2 Å². The minimum atomic E-state index is -4.69. The van der Waals surface area contributed by atoms with Gasteiger partial charge in [0.05, 0.1) is 5.57 Å². The fourth-order valence-electron chi connectivity index (χ4n) is 2.76. The molecule has 30 heavy (non-hydrogen) atoms. The molecule has 3 aromatic rings. The Balaban J connectivity index is 1.85. The average molecular weight is 416 g/mol. The third kappa shape index (κ3) is 5.11. The lowest BCUT2D eigenvalue weighted by atomic mass is 10.0. The minimum Gasteiger partial charge on any atom is -0.340 e. The van der Waals surface area contributed by atoms with E-state index in [-0.39, 0.29) is 23.2 Å². The number of hydrogen-bond donors (Lipinski definition) is 1. The van der Waals surface area contributed by atoms with Crippen molar-refractivity contribution >= 4 is 11.5 Å². The highest BCUT2D eigenvalue weighted by atomic mass is 19.4. The van der Waals surface area contributed by atoms with E-state index in [4.69, 9.17) is 4.52 Å². The van der Waals surface area contributed by atoms with Gasteiger partial charge in [-0.3, -0.25) is 9.78 Å². The van der Waals surface area contributed by atoms with Crippen LogP contribution in [0.2, 0.25) is 0 Å². The first-order valence-corrected chi connectivity index (χ1v) is 9.14. The van der Waals surface area contributed by atoms with E-state index < -0.39 is 23.7 Å². The summed E-state index contributed by atoms with van der Waals surface area (Å²) in [4.78, 5) is 20.7. The molecule has 6 nitrogen and oxygen atoms in total. The van der Waals surface area contributed by atoms with Crippen LogP contribution >= 0.6 is 0 Å². The third-order valence-corrected chi connectivity index (χ3v) is 4.26. The zero-order chi connectivity index (χ0) is 21.7. The van der Waals surface area contributed by atoms with Crippen LogP contribution < -0.4 is 5.32 Å². The molecule has 1 N–H and O–H groups in total. The first-order chi connectivity index (χ1) is 14.3. The molecule has 0 bridgehead atoms. The van der Waals surface area contributed by atoms with Gasteiger partial charge in [0, 0.05) is 24.0 Å². The molecule has 2 aromatic heterocycles. The molecule has 3 rings (SSSR count). The van der Waals surface area contributed by atoms with Crippen LogP contribution in [-0.4, -0.2) is 27.2 Å². The Hall–Kier alpha value is -3.49. The van der Waals surface area contributed by atoms with E-state index in [1.54, 1.807) is 44.4 Å². The number of halogens is 3. The van der Waals surface area contributed by atoms with Crippen LogP contribution in [0.1, 0.15) is 31.3 Å². The van der Waals surface area contributed by atoms with Crippen molar-refractivity contribution in [1.82, 2.24) is 20.4 Å². The number of alkyl halides is 3. The second-order valence-electron chi connectivity index (χ2n) is 6.85. The standard InChI is InChI=1S/C21H19F3N4O2/c1-13(2)18(20-27-19(28-30-20)15-9-6-10-25-12-15)26-17(29)11-16(21(22,23)24)14-7-4-3-5-8-14/h3-13,18H,1-2H3,(H,26,29)/b16-11-. The molecule has 1 atom stereocenters. The Bertz CT molecular complexity index is 1020. The fraction of sp³-hybridized carbons (Fsp3) is 0.238. The summed E-state index contributed by atoms with van der Waals surface area (Å²) in [6.07, 6.45) is -0.998. The molecule has 0 spiro atoms. The summed E-state index contributed by atoms with van der Waals surface area (Å²) >= 11 is 0. The topological polar surface area (TPSA) is 80.9 Å². The van der Waals surface area contributed by atoms with Crippen LogP contribution in [0.4, 0.5) is 13.2 Å². The highest BCUT2D eigenvalue weighted by molar-refractivity contribution is 5.96. The maximum atomic E-state index is 13.5. The number of benzene rings is 1. The molecule has 156 valence electrons. The maximum absolute atomic E-state index is 13.5. The van der Waals surface area contributed by atoms with Crippen molar-refractivity contribution in [3.8, 4) is 11.4 Å². The number of rotatable bonds is 6. The lowest BCUT2D eigenvalue weighted by Gasteiger charge is -2.18. The maximum Gasteiger partial charge on any atom is 0.417 e. The number of carbonyl (C=O) groups is 1. The summed E-state index contributed by atoms with van der Waals surface area (Å²) in [5.41, 5.74) is -0.521. The van der Waals surface area contributed by atoms with E-state index in [1.807, 2.05) is 0 Å². The second-order valence-corrected chi connectivity index (χ2v) is 6.85. The Morgan fingerprint density at radius 1 is 1.13 bits per heavy atom. The molecule has 0 aliphatic carbocycles. The third-order valence-electron chi connectivity index (χ3n) is 4.26. The summed E-state index contributed by atoms with van der Waals surface area (Å²) < 4.78 is 45.7. The van der Waals surface area contributed by atoms with Crippen molar-refractivity contribution in [2.75, 3.05) is 0 Å². The monoisotopic (exact) mass is 416 g/mol. The van der Waals surface area contributed by atoms with Crippen LogP contribution in [0.15, 0.2) is 65.5 Å². The molecule has 2 heterocycles. The molecular weight excluding hydrogens is 397 g/mol. The number of amides is 1. The highest BCUT2D eigenvalue weighted by Crippen LogP contribution is 2.33. The van der Waals surface area contributed by atoms with Crippen LogP contribution in [-0.2, 0) is 4.79 Å². The van der Waals surface area contributed by atoms with Gasteiger partial charge in [0.25, 0.3) is 0 Å². The summed E-state index contributed by atoms with van der Waals surface area (Å²) in [6, 6.07) is 9.82. The van der Waals surface area contributed by atoms with Gasteiger partial charge >= 0.3 is 6.18 Å². The van der Waals surface area contributed by atoms with E-state index in [1.165, 1.54) is 24.3 Å². The predicted molar refractivity (Wildman–Crippen MR) is 104 cm³/mol. The summed E-state index contributed by atoms with van der Waals surface area (Å²) in [6.45, 7) is 3.56. The van der Waals surface area contributed by atoms with Crippen molar-refractivity contribution in [3.63, 3.8) is 0 Å². The Morgan fingerprint density at radius 3 is 2.47 bits per heavy atom. The van der Waals surface area contributed by atoms with Crippen LogP contribution in [0.5, 0.6) is 0 Å². The minimum absolute atomic E-state index is 0.0962. The molecule has 0 radical (unpaired) electrons. The number of hydrogen-bond acceptors (Lipinski definition) is 5. The van der Waals surface area contributed by atoms with E-state index in [9.17, 15) is 18.0 Å². The molecule has 1 amide bonds. The van der Waals surface area contributed by atoms with Gasteiger partial charge in [-0.1, -0.05) is 49.3 Å². The second kappa shape index (κ2) is 8.89. The quantitative estimate of drug-likeness (QED) is 0.595. The van der Waals surface area contributed by atoms with Crippen molar-refractivity contribution in [2.24, 2.45) is 5.92 Å². The van der Waals surface area contributed by atoms with Gasteiger partial charge in [0.2, 0.25) is 17.6 Å². The predicted octanol–water partition coefficient (Wildman–Crippen LogP) is 4.59. The Morgan fingerprint density at radius 2 is 1.87 bits per heavy atom. The van der Waals surface area contributed by atoms with Gasteiger partial charge in [0.1, 0.15) is 6.04 Å². The molecular formula is C21H19F3N4O2. The SMILES string of the molecule is CC(C)C(NC(=O)/C=C(/c1ccccc1)C(F)(F)F)c1nc(-c2cccnc2)no1. The number of nitrogens with one attached hydrogen (secondary N) is 1. The number of pyridine rings is 1. The summed E-state index contributed by atoms with van der Waals surface area (Å²) in [7, 11) is 0. The zero-order valence-electron chi connectivity index (χ0n) is 16.2. The molecule has 1 aromatic carbocycles. The first-order valence-electron chi connectivity index (χ1n) is 9.14. The lowest BCUT2D eigenvalue weighted by molar-refractivity contribution is -0.118. The van der Waals surface area contributed by atoms with Crippen molar-refractivity contribution < 1.29 is 22.5 Å². The van der Waals surface area contributed by atoms with Crippen LogP contribution in [0, 0.1) is 5.92 Å². The van der Waals surface area contributed by atoms with E-state index >= 15 is 0 Å². The Kier molecular flexibility index (Phi) is 6.29. The number of allylic oxidation sites excluding steroid dienone is 1. The summed E-state index contributed by atoms with van der Waals surface area (Å²) in [5, 5.41) is 6.41. The van der Waals surface area contributed by atoms with Crippen LogP contribution in [0.3, 0.4) is 0 Å². The van der Waals surface area contributed by atoms with Crippen molar-refractivity contribution in [2.45, 2.75) is 26.1 Å². The molecule has 0 saturated carbocycles. The smallest absolute Gasteiger partial charge is 0.340 e. The van der Waals surface area contributed by atoms with Gasteiger partial charge < -0.3 is 9.84 Å². The molecule has 1 unspecified atom stereocenters. The summed E-state index contributed by atoms with van der Waals surface area (Å²) in [5.74, 6) is -0.755. The molecule has 0 aliphatic rings. The van der Waals surface area contributed by atoms with E-state index in [2.05, 4.69) is 20.4 Å². The van der Waals surface area contributed by atoms with Crippen LogP contribution in [0.25, 0.3) is 17.0 Å².